The van der Waals surface area contributed by atoms with Crippen molar-refractivity contribution in [3.8, 4) is 0 Å². The van der Waals surface area contributed by atoms with Crippen molar-refractivity contribution in [2.45, 2.75) is 98.5 Å². The minimum Gasteiger partial charge on any atom is -0.463 e. The molecule has 0 aromatic carbocycles. The highest BCUT2D eigenvalue weighted by atomic mass is 28.4. The quantitative estimate of drug-likeness (QED) is 0.188. The molecule has 0 saturated heterocycles. The Morgan fingerprint density at radius 2 is 1.36 bits per heavy atom. The highest BCUT2D eigenvalue weighted by Gasteiger charge is 2.44. The zero-order valence-corrected chi connectivity index (χ0v) is 18.2. The lowest BCUT2D eigenvalue weighted by atomic mass is 10.3. The van der Waals surface area contributed by atoms with Gasteiger partial charge in [-0.05, 0) is 53.4 Å². The lowest BCUT2D eigenvalue weighted by Crippen LogP contribution is -2.51. The van der Waals surface area contributed by atoms with Crippen LogP contribution in [-0.4, -0.2) is 39.7 Å². The molecule has 0 fully saturated rings. The van der Waals surface area contributed by atoms with Crippen LogP contribution in [0.25, 0.3) is 0 Å². The zero-order valence-electron chi connectivity index (χ0n) is 17.2. The first-order valence-electron chi connectivity index (χ1n) is 9.65. The third-order valence-electron chi connectivity index (χ3n) is 4.04. The Hall–Kier alpha value is -0.693. The van der Waals surface area contributed by atoms with Crippen LogP contribution in [0.1, 0.15) is 74.1 Å². The van der Waals surface area contributed by atoms with Crippen molar-refractivity contribution in [2.24, 2.45) is 0 Å². The second kappa shape index (κ2) is 13.5. The van der Waals surface area contributed by atoms with Gasteiger partial charge in [0, 0.05) is 30.4 Å². The molecule has 6 heteroatoms. The molecule has 3 atom stereocenters. The van der Waals surface area contributed by atoms with Gasteiger partial charge in [0.1, 0.15) is 0 Å². The van der Waals surface area contributed by atoms with Crippen LogP contribution in [0, 0.1) is 0 Å². The van der Waals surface area contributed by atoms with Crippen molar-refractivity contribution in [3.63, 3.8) is 0 Å². The number of esters is 1. The zero-order chi connectivity index (χ0) is 19.3. The molecule has 0 aromatic rings. The first-order chi connectivity index (χ1) is 11.8. The van der Waals surface area contributed by atoms with E-state index < -0.39 is 8.80 Å². The van der Waals surface area contributed by atoms with Gasteiger partial charge in [-0.1, -0.05) is 26.8 Å². The minimum absolute atomic E-state index is 0.0744. The summed E-state index contributed by atoms with van der Waals surface area (Å²) in [6, 6.07) is 0.648. The van der Waals surface area contributed by atoms with Crippen LogP contribution in [0.5, 0.6) is 0 Å². The summed E-state index contributed by atoms with van der Waals surface area (Å²) in [4.78, 5) is 11.4. The van der Waals surface area contributed by atoms with Crippen LogP contribution in [0.3, 0.4) is 0 Å². The van der Waals surface area contributed by atoms with Gasteiger partial charge in [-0.2, -0.15) is 0 Å². The van der Waals surface area contributed by atoms with E-state index in [2.05, 4.69) is 20.8 Å². The van der Waals surface area contributed by atoms with Crippen molar-refractivity contribution < 1.29 is 22.8 Å². The monoisotopic (exact) mass is 374 g/mol. The number of carbonyl (C=O) groups excluding carboxylic acids is 1. The summed E-state index contributed by atoms with van der Waals surface area (Å²) in [6.07, 6.45) is 6.69. The molecule has 0 rings (SSSR count). The van der Waals surface area contributed by atoms with Crippen molar-refractivity contribution in [3.05, 3.63) is 12.2 Å². The van der Waals surface area contributed by atoms with Crippen LogP contribution in [0.2, 0.25) is 6.04 Å². The second-order valence-corrected chi connectivity index (χ2v) is 9.04. The summed E-state index contributed by atoms with van der Waals surface area (Å²) in [6.45, 7) is 14.6. The standard InChI is InChI=1S/C19H38O5Si/c1-8-13-19(20)21-14-12-15-25(22-16(5)9-2,23-17(6)10-3)24-18(7)11-4/h8,13,16-18H,9-12,14-15H2,1-7H3. The predicted octanol–water partition coefficient (Wildman–Crippen LogP) is 4.88. The normalized spacial score (nSPS) is 17.9. The third kappa shape index (κ3) is 10.8. The van der Waals surface area contributed by atoms with Crippen LogP contribution >= 0.6 is 0 Å². The molecule has 0 aromatic heterocycles. The molecule has 25 heavy (non-hydrogen) atoms. The Balaban J connectivity index is 5.03. The molecular formula is C19H38O5Si. The largest absolute Gasteiger partial charge is 0.501 e. The Morgan fingerprint density at radius 1 is 0.920 bits per heavy atom. The van der Waals surface area contributed by atoms with Gasteiger partial charge in [-0.25, -0.2) is 4.79 Å². The molecule has 3 unspecified atom stereocenters. The molecule has 0 aliphatic heterocycles. The summed E-state index contributed by atoms with van der Waals surface area (Å²) in [7, 11) is -2.85. The van der Waals surface area contributed by atoms with E-state index in [1.807, 2.05) is 20.8 Å². The average molecular weight is 375 g/mol. The molecule has 0 aliphatic rings. The maximum atomic E-state index is 11.4. The molecule has 0 heterocycles. The van der Waals surface area contributed by atoms with Gasteiger partial charge in [0.25, 0.3) is 0 Å². The van der Waals surface area contributed by atoms with Gasteiger partial charge in [0.05, 0.1) is 6.61 Å². The summed E-state index contributed by atoms with van der Waals surface area (Å²) in [5.41, 5.74) is 0. The number of ether oxygens (including phenoxy) is 1. The first-order valence-corrected chi connectivity index (χ1v) is 11.6. The summed E-state index contributed by atoms with van der Waals surface area (Å²) in [5, 5.41) is 0. The van der Waals surface area contributed by atoms with Crippen molar-refractivity contribution in [1.82, 2.24) is 0 Å². The van der Waals surface area contributed by atoms with Gasteiger partial charge in [0.15, 0.2) is 0 Å². The fourth-order valence-electron chi connectivity index (χ4n) is 2.08. The molecule has 0 spiro atoms. The number of carbonyl (C=O) groups is 1. The fourth-order valence-corrected chi connectivity index (χ4v) is 5.51. The van der Waals surface area contributed by atoms with E-state index in [1.165, 1.54) is 6.08 Å². The Labute approximate surface area is 155 Å². The highest BCUT2D eigenvalue weighted by molar-refractivity contribution is 6.60. The maximum absolute atomic E-state index is 11.4. The third-order valence-corrected chi connectivity index (χ3v) is 7.29. The number of hydrogen-bond acceptors (Lipinski definition) is 5. The highest BCUT2D eigenvalue weighted by Crippen LogP contribution is 2.26. The minimum atomic E-state index is -2.85. The van der Waals surface area contributed by atoms with Crippen LogP contribution < -0.4 is 0 Å². The van der Waals surface area contributed by atoms with Crippen LogP contribution in [-0.2, 0) is 22.8 Å². The van der Waals surface area contributed by atoms with E-state index >= 15 is 0 Å². The van der Waals surface area contributed by atoms with Crippen molar-refractivity contribution >= 4 is 14.8 Å². The van der Waals surface area contributed by atoms with Crippen LogP contribution in [0.4, 0.5) is 0 Å². The average Bonchev–Trinajstić information content (AvgIpc) is 2.58. The van der Waals surface area contributed by atoms with E-state index in [-0.39, 0.29) is 24.3 Å². The molecular weight excluding hydrogens is 336 g/mol. The molecule has 0 aliphatic carbocycles. The topological polar surface area (TPSA) is 54.0 Å². The molecule has 0 saturated carbocycles. The molecule has 148 valence electrons. The van der Waals surface area contributed by atoms with Crippen molar-refractivity contribution in [2.75, 3.05) is 6.61 Å². The Morgan fingerprint density at radius 3 is 1.72 bits per heavy atom. The lowest BCUT2D eigenvalue weighted by Gasteiger charge is -2.36. The Bertz CT molecular complexity index is 355. The SMILES string of the molecule is CC=CC(=O)OCCC[Si](OC(C)CC)(OC(C)CC)OC(C)CC. The van der Waals surface area contributed by atoms with E-state index in [0.717, 1.165) is 19.3 Å². The summed E-state index contributed by atoms with van der Waals surface area (Å²) in [5.74, 6) is -0.316. The molecule has 0 N–H and O–H groups in total. The number of allylic oxidation sites excluding steroid dienone is 1. The van der Waals surface area contributed by atoms with Crippen LogP contribution in [0.15, 0.2) is 12.2 Å². The molecule has 0 amide bonds. The summed E-state index contributed by atoms with van der Waals surface area (Å²) >= 11 is 0. The lowest BCUT2D eigenvalue weighted by molar-refractivity contribution is -0.137. The van der Waals surface area contributed by atoms with Crippen molar-refractivity contribution in [1.29, 1.82) is 0 Å². The molecule has 0 bridgehead atoms. The van der Waals surface area contributed by atoms with E-state index in [4.69, 9.17) is 18.0 Å². The first kappa shape index (κ1) is 24.3. The number of rotatable bonds is 14. The van der Waals surface area contributed by atoms with Gasteiger partial charge in [-0.15, -0.1) is 0 Å². The smallest absolute Gasteiger partial charge is 0.463 e. The van der Waals surface area contributed by atoms with E-state index in [1.54, 1.807) is 13.0 Å². The predicted molar refractivity (Wildman–Crippen MR) is 103 cm³/mol. The van der Waals surface area contributed by atoms with Gasteiger partial charge >= 0.3 is 14.8 Å². The Kier molecular flexibility index (Phi) is 13.1. The second-order valence-electron chi connectivity index (χ2n) is 6.46. The van der Waals surface area contributed by atoms with E-state index in [0.29, 0.717) is 19.1 Å². The van der Waals surface area contributed by atoms with Gasteiger partial charge < -0.3 is 18.0 Å². The summed E-state index contributed by atoms with van der Waals surface area (Å²) < 4.78 is 24.2. The van der Waals surface area contributed by atoms with Gasteiger partial charge in [-0.3, -0.25) is 0 Å². The molecule has 0 radical (unpaired) electrons. The molecule has 5 nitrogen and oxygen atoms in total. The maximum Gasteiger partial charge on any atom is 0.501 e. The fraction of sp³-hybridized carbons (Fsp3) is 0.842. The van der Waals surface area contributed by atoms with Gasteiger partial charge in [0.2, 0.25) is 0 Å². The van der Waals surface area contributed by atoms with E-state index in [9.17, 15) is 4.79 Å². The number of hydrogen-bond donors (Lipinski definition) is 0.